The average Bonchev–Trinajstić information content (AvgIpc) is 2.28. The van der Waals surface area contributed by atoms with E-state index in [-0.39, 0.29) is 11.6 Å². The number of hydrogen-bond acceptors (Lipinski definition) is 4. The quantitative estimate of drug-likeness (QED) is 0.636. The number of rotatable bonds is 4. The SMILES string of the molecule is CC(C)CN(C)C(=O)c1nc(NN)ccc1Cl. The van der Waals surface area contributed by atoms with Crippen molar-refractivity contribution in [2.75, 3.05) is 19.0 Å². The number of nitrogen functional groups attached to an aromatic ring is 1. The Morgan fingerprint density at radius 1 is 1.59 bits per heavy atom. The van der Waals surface area contributed by atoms with Crippen LogP contribution in [0.2, 0.25) is 5.02 Å². The van der Waals surface area contributed by atoms with Gasteiger partial charge in [0.25, 0.3) is 5.91 Å². The van der Waals surface area contributed by atoms with E-state index in [1.165, 1.54) is 0 Å². The number of halogens is 1. The Labute approximate surface area is 106 Å². The van der Waals surface area contributed by atoms with Crippen LogP contribution in [0.1, 0.15) is 24.3 Å². The number of anilines is 1. The van der Waals surface area contributed by atoms with E-state index in [4.69, 9.17) is 17.4 Å². The molecule has 1 aromatic rings. The third-order valence-electron chi connectivity index (χ3n) is 2.18. The molecular formula is C11H17ClN4O. The molecule has 0 bridgehead atoms. The molecule has 0 atom stereocenters. The number of carbonyl (C=O) groups excluding carboxylic acids is 1. The minimum absolute atomic E-state index is 0.208. The number of nitrogens with one attached hydrogen (secondary N) is 1. The lowest BCUT2D eigenvalue weighted by molar-refractivity contribution is 0.0773. The van der Waals surface area contributed by atoms with Crippen LogP contribution in [-0.4, -0.2) is 29.4 Å². The molecule has 0 unspecified atom stereocenters. The number of hydrogen-bond donors (Lipinski definition) is 2. The molecule has 0 aliphatic heterocycles. The van der Waals surface area contributed by atoms with Crippen LogP contribution < -0.4 is 11.3 Å². The monoisotopic (exact) mass is 256 g/mol. The Morgan fingerprint density at radius 2 is 2.24 bits per heavy atom. The molecule has 0 saturated carbocycles. The number of nitrogens with two attached hydrogens (primary N) is 1. The summed E-state index contributed by atoms with van der Waals surface area (Å²) in [4.78, 5) is 17.7. The van der Waals surface area contributed by atoms with E-state index in [0.29, 0.717) is 23.3 Å². The Hall–Kier alpha value is -1.33. The van der Waals surface area contributed by atoms with Gasteiger partial charge >= 0.3 is 0 Å². The fourth-order valence-corrected chi connectivity index (χ4v) is 1.67. The fourth-order valence-electron chi connectivity index (χ4n) is 1.48. The lowest BCUT2D eigenvalue weighted by Crippen LogP contribution is -2.31. The Balaban J connectivity index is 2.94. The minimum Gasteiger partial charge on any atom is -0.340 e. The number of amides is 1. The zero-order chi connectivity index (χ0) is 13.0. The Morgan fingerprint density at radius 3 is 2.76 bits per heavy atom. The van der Waals surface area contributed by atoms with Gasteiger partial charge in [-0.1, -0.05) is 25.4 Å². The molecule has 0 saturated heterocycles. The maximum atomic E-state index is 12.1. The van der Waals surface area contributed by atoms with Gasteiger partial charge in [0.15, 0.2) is 0 Å². The maximum Gasteiger partial charge on any atom is 0.273 e. The highest BCUT2D eigenvalue weighted by Crippen LogP contribution is 2.18. The fraction of sp³-hybridized carbons (Fsp3) is 0.455. The van der Waals surface area contributed by atoms with Crippen molar-refractivity contribution in [2.24, 2.45) is 11.8 Å². The van der Waals surface area contributed by atoms with Crippen LogP contribution in [0.3, 0.4) is 0 Å². The third kappa shape index (κ3) is 3.57. The van der Waals surface area contributed by atoms with Gasteiger partial charge in [-0.2, -0.15) is 0 Å². The summed E-state index contributed by atoms with van der Waals surface area (Å²) in [5, 5.41) is 0.324. The van der Waals surface area contributed by atoms with Crippen LogP contribution in [0, 0.1) is 5.92 Å². The summed E-state index contributed by atoms with van der Waals surface area (Å²) in [6, 6.07) is 3.21. The number of carbonyl (C=O) groups is 1. The van der Waals surface area contributed by atoms with E-state index in [9.17, 15) is 4.79 Å². The highest BCUT2D eigenvalue weighted by atomic mass is 35.5. The summed E-state index contributed by atoms with van der Waals surface area (Å²) in [7, 11) is 1.73. The lowest BCUT2D eigenvalue weighted by Gasteiger charge is -2.19. The number of aromatic nitrogens is 1. The second-order valence-electron chi connectivity index (χ2n) is 4.25. The van der Waals surface area contributed by atoms with Crippen molar-refractivity contribution in [1.29, 1.82) is 0 Å². The number of pyridine rings is 1. The van der Waals surface area contributed by atoms with Crippen LogP contribution in [0.25, 0.3) is 0 Å². The van der Waals surface area contributed by atoms with E-state index in [0.717, 1.165) is 0 Å². The molecule has 0 aromatic carbocycles. The number of hydrazine groups is 1. The normalized spacial score (nSPS) is 10.5. The van der Waals surface area contributed by atoms with E-state index >= 15 is 0 Å². The van der Waals surface area contributed by atoms with Crippen LogP contribution in [0.5, 0.6) is 0 Å². The van der Waals surface area contributed by atoms with E-state index < -0.39 is 0 Å². The first-order chi connectivity index (χ1) is 7.95. The average molecular weight is 257 g/mol. The summed E-state index contributed by atoms with van der Waals surface area (Å²) in [5.74, 6) is 5.84. The van der Waals surface area contributed by atoms with Crippen molar-refractivity contribution < 1.29 is 4.79 Å². The van der Waals surface area contributed by atoms with Gasteiger partial charge < -0.3 is 10.3 Å². The second-order valence-corrected chi connectivity index (χ2v) is 4.66. The topological polar surface area (TPSA) is 71.2 Å². The van der Waals surface area contributed by atoms with Crippen LogP contribution in [0.15, 0.2) is 12.1 Å². The van der Waals surface area contributed by atoms with E-state index in [1.807, 2.05) is 13.8 Å². The molecule has 5 nitrogen and oxygen atoms in total. The van der Waals surface area contributed by atoms with E-state index in [2.05, 4.69) is 10.4 Å². The summed E-state index contributed by atoms with van der Waals surface area (Å²) < 4.78 is 0. The Kier molecular flexibility index (Phi) is 4.72. The summed E-state index contributed by atoms with van der Waals surface area (Å²) in [6.07, 6.45) is 0. The van der Waals surface area contributed by atoms with Crippen molar-refractivity contribution >= 4 is 23.3 Å². The molecule has 6 heteroatoms. The second kappa shape index (κ2) is 5.84. The highest BCUT2D eigenvalue weighted by Gasteiger charge is 2.18. The molecule has 0 spiro atoms. The highest BCUT2D eigenvalue weighted by molar-refractivity contribution is 6.33. The van der Waals surface area contributed by atoms with Crippen molar-refractivity contribution in [2.45, 2.75) is 13.8 Å². The third-order valence-corrected chi connectivity index (χ3v) is 2.49. The van der Waals surface area contributed by atoms with Crippen LogP contribution in [0.4, 0.5) is 5.82 Å². The molecule has 94 valence electrons. The van der Waals surface area contributed by atoms with Gasteiger partial charge in [-0.3, -0.25) is 4.79 Å². The van der Waals surface area contributed by atoms with Crippen molar-refractivity contribution in [1.82, 2.24) is 9.88 Å². The summed E-state index contributed by atoms with van der Waals surface area (Å²) in [6.45, 7) is 4.73. The predicted octanol–water partition coefficient (Wildman–Crippen LogP) is 1.75. The Bertz CT molecular complexity index is 408. The molecule has 0 aliphatic carbocycles. The number of nitrogens with zero attached hydrogens (tertiary/aromatic N) is 2. The molecule has 3 N–H and O–H groups in total. The summed E-state index contributed by atoms with van der Waals surface area (Å²) >= 11 is 5.95. The standard InChI is InChI=1S/C11H17ClN4O/c1-7(2)6-16(3)11(17)10-8(12)4-5-9(14-10)15-13/h4-5,7H,6,13H2,1-3H3,(H,14,15). The first kappa shape index (κ1) is 13.7. The molecule has 1 rings (SSSR count). The molecule has 0 aliphatic rings. The largest absolute Gasteiger partial charge is 0.340 e. The molecule has 1 heterocycles. The molecule has 0 radical (unpaired) electrons. The first-order valence-electron chi connectivity index (χ1n) is 5.34. The van der Waals surface area contributed by atoms with Gasteiger partial charge in [-0.15, -0.1) is 0 Å². The summed E-state index contributed by atoms with van der Waals surface area (Å²) in [5.41, 5.74) is 2.60. The van der Waals surface area contributed by atoms with Gasteiger partial charge in [0.05, 0.1) is 5.02 Å². The van der Waals surface area contributed by atoms with Gasteiger partial charge in [0.1, 0.15) is 11.5 Å². The molecule has 1 aromatic heterocycles. The van der Waals surface area contributed by atoms with Crippen molar-refractivity contribution in [3.63, 3.8) is 0 Å². The van der Waals surface area contributed by atoms with E-state index in [1.54, 1.807) is 24.1 Å². The van der Waals surface area contributed by atoms with Gasteiger partial charge in [0, 0.05) is 13.6 Å². The van der Waals surface area contributed by atoms with Crippen molar-refractivity contribution in [3.05, 3.63) is 22.8 Å². The molecule has 1 amide bonds. The molecule has 0 fully saturated rings. The zero-order valence-electron chi connectivity index (χ0n) is 10.2. The molecular weight excluding hydrogens is 240 g/mol. The van der Waals surface area contributed by atoms with Crippen molar-refractivity contribution in [3.8, 4) is 0 Å². The first-order valence-corrected chi connectivity index (χ1v) is 5.72. The lowest BCUT2D eigenvalue weighted by atomic mass is 10.2. The maximum absolute atomic E-state index is 12.1. The van der Waals surface area contributed by atoms with Gasteiger partial charge in [-0.25, -0.2) is 10.8 Å². The minimum atomic E-state index is -0.208. The molecule has 17 heavy (non-hydrogen) atoms. The zero-order valence-corrected chi connectivity index (χ0v) is 11.0. The van der Waals surface area contributed by atoms with Crippen LogP contribution in [-0.2, 0) is 0 Å². The van der Waals surface area contributed by atoms with Gasteiger partial charge in [0.2, 0.25) is 0 Å². The smallest absolute Gasteiger partial charge is 0.273 e. The van der Waals surface area contributed by atoms with Gasteiger partial charge in [-0.05, 0) is 18.1 Å². The van der Waals surface area contributed by atoms with Crippen LogP contribution >= 0.6 is 11.6 Å². The predicted molar refractivity (Wildman–Crippen MR) is 68.9 cm³/mol.